The number of piperidine rings is 1. The van der Waals surface area contributed by atoms with Gasteiger partial charge in [0.05, 0.1) is 6.42 Å². The Morgan fingerprint density at radius 2 is 2.13 bits per heavy atom. The van der Waals surface area contributed by atoms with Crippen molar-refractivity contribution in [2.24, 2.45) is 5.92 Å². The first-order valence-electron chi connectivity index (χ1n) is 5.74. The predicted octanol–water partition coefficient (Wildman–Crippen LogP) is 1.21. The standard InChI is InChI=1S/C11H21NO3/c1-2-15-9-10-3-6-12(7-4-10)8-5-11(13)14/h10H,2-9H2,1H3,(H,13,14). The van der Waals surface area contributed by atoms with Crippen molar-refractivity contribution in [3.05, 3.63) is 0 Å². The number of carboxylic acids is 1. The van der Waals surface area contributed by atoms with E-state index in [9.17, 15) is 4.79 Å². The fourth-order valence-electron chi connectivity index (χ4n) is 1.91. The largest absolute Gasteiger partial charge is 0.481 e. The predicted molar refractivity (Wildman–Crippen MR) is 57.9 cm³/mol. The van der Waals surface area contributed by atoms with E-state index >= 15 is 0 Å². The molecule has 0 aliphatic carbocycles. The molecule has 1 N–H and O–H groups in total. The zero-order valence-electron chi connectivity index (χ0n) is 9.45. The van der Waals surface area contributed by atoms with Crippen LogP contribution in [0.15, 0.2) is 0 Å². The molecule has 4 heteroatoms. The van der Waals surface area contributed by atoms with E-state index < -0.39 is 5.97 Å². The fraction of sp³-hybridized carbons (Fsp3) is 0.909. The molecule has 0 bridgehead atoms. The summed E-state index contributed by atoms with van der Waals surface area (Å²) in [6, 6.07) is 0. The number of hydrogen-bond acceptors (Lipinski definition) is 3. The molecular weight excluding hydrogens is 194 g/mol. The molecule has 88 valence electrons. The van der Waals surface area contributed by atoms with Crippen LogP contribution in [0.3, 0.4) is 0 Å². The lowest BCUT2D eigenvalue weighted by Crippen LogP contribution is -2.36. The Balaban J connectivity index is 2.09. The van der Waals surface area contributed by atoms with E-state index in [0.29, 0.717) is 12.5 Å². The van der Waals surface area contributed by atoms with Crippen molar-refractivity contribution in [3.63, 3.8) is 0 Å². The number of hydrogen-bond donors (Lipinski definition) is 1. The lowest BCUT2D eigenvalue weighted by molar-refractivity contribution is -0.137. The van der Waals surface area contributed by atoms with Gasteiger partial charge >= 0.3 is 5.97 Å². The highest BCUT2D eigenvalue weighted by atomic mass is 16.5. The van der Waals surface area contributed by atoms with Crippen molar-refractivity contribution < 1.29 is 14.6 Å². The van der Waals surface area contributed by atoms with Crippen LogP contribution >= 0.6 is 0 Å². The molecule has 1 heterocycles. The van der Waals surface area contributed by atoms with Crippen molar-refractivity contribution >= 4 is 5.97 Å². The summed E-state index contributed by atoms with van der Waals surface area (Å²) in [5, 5.41) is 8.57. The highest BCUT2D eigenvalue weighted by molar-refractivity contribution is 5.66. The highest BCUT2D eigenvalue weighted by Gasteiger charge is 2.19. The van der Waals surface area contributed by atoms with E-state index in [-0.39, 0.29) is 6.42 Å². The van der Waals surface area contributed by atoms with E-state index in [1.54, 1.807) is 0 Å². The molecule has 1 fully saturated rings. The van der Waals surface area contributed by atoms with Gasteiger partial charge in [-0.3, -0.25) is 4.79 Å². The smallest absolute Gasteiger partial charge is 0.304 e. The number of likely N-dealkylation sites (tertiary alicyclic amines) is 1. The van der Waals surface area contributed by atoms with Gasteiger partial charge in [-0.25, -0.2) is 0 Å². The molecule has 1 saturated heterocycles. The van der Waals surface area contributed by atoms with E-state index in [1.165, 1.54) is 0 Å². The molecule has 0 aromatic rings. The van der Waals surface area contributed by atoms with Crippen molar-refractivity contribution in [3.8, 4) is 0 Å². The topological polar surface area (TPSA) is 49.8 Å². The molecule has 1 rings (SSSR count). The van der Waals surface area contributed by atoms with Gasteiger partial charge in [0.25, 0.3) is 0 Å². The Morgan fingerprint density at radius 3 is 2.67 bits per heavy atom. The molecule has 15 heavy (non-hydrogen) atoms. The van der Waals surface area contributed by atoms with Crippen LogP contribution in [-0.4, -0.2) is 48.8 Å². The Labute approximate surface area is 91.2 Å². The third-order valence-electron chi connectivity index (χ3n) is 2.91. The van der Waals surface area contributed by atoms with E-state index in [1.807, 2.05) is 6.92 Å². The molecule has 0 saturated carbocycles. The average Bonchev–Trinajstić information content (AvgIpc) is 2.25. The summed E-state index contributed by atoms with van der Waals surface area (Å²) in [6.45, 7) is 6.40. The monoisotopic (exact) mass is 215 g/mol. The molecule has 0 aromatic heterocycles. The van der Waals surface area contributed by atoms with Crippen LogP contribution < -0.4 is 0 Å². The van der Waals surface area contributed by atoms with E-state index in [4.69, 9.17) is 9.84 Å². The van der Waals surface area contributed by atoms with Gasteiger partial charge in [-0.05, 0) is 38.8 Å². The molecule has 0 spiro atoms. The van der Waals surface area contributed by atoms with Crippen LogP contribution in [0.25, 0.3) is 0 Å². The zero-order chi connectivity index (χ0) is 11.1. The number of ether oxygens (including phenoxy) is 1. The van der Waals surface area contributed by atoms with Crippen LogP contribution in [0.1, 0.15) is 26.2 Å². The maximum Gasteiger partial charge on any atom is 0.304 e. The second-order valence-electron chi connectivity index (χ2n) is 4.09. The lowest BCUT2D eigenvalue weighted by Gasteiger charge is -2.31. The first kappa shape index (κ1) is 12.5. The second-order valence-corrected chi connectivity index (χ2v) is 4.09. The average molecular weight is 215 g/mol. The Morgan fingerprint density at radius 1 is 1.47 bits per heavy atom. The van der Waals surface area contributed by atoms with Crippen LogP contribution in [0.5, 0.6) is 0 Å². The summed E-state index contributed by atoms with van der Waals surface area (Å²) >= 11 is 0. The Kier molecular flexibility index (Phi) is 5.65. The summed E-state index contributed by atoms with van der Waals surface area (Å²) in [4.78, 5) is 12.6. The second kappa shape index (κ2) is 6.80. The summed E-state index contributed by atoms with van der Waals surface area (Å²) < 4.78 is 5.39. The van der Waals surface area contributed by atoms with Crippen LogP contribution in [0.2, 0.25) is 0 Å². The summed E-state index contributed by atoms with van der Waals surface area (Å²) in [7, 11) is 0. The van der Waals surface area contributed by atoms with Crippen molar-refractivity contribution in [1.29, 1.82) is 0 Å². The van der Waals surface area contributed by atoms with Gasteiger partial charge in [0.1, 0.15) is 0 Å². The molecule has 4 nitrogen and oxygen atoms in total. The maximum atomic E-state index is 10.4. The van der Waals surface area contributed by atoms with E-state index in [0.717, 1.165) is 39.1 Å². The minimum absolute atomic E-state index is 0.260. The minimum atomic E-state index is -0.702. The summed E-state index contributed by atoms with van der Waals surface area (Å²) in [5.41, 5.74) is 0. The summed E-state index contributed by atoms with van der Waals surface area (Å²) in [5.74, 6) is -0.0301. The number of rotatable bonds is 6. The third-order valence-corrected chi connectivity index (χ3v) is 2.91. The van der Waals surface area contributed by atoms with Gasteiger partial charge in [0.15, 0.2) is 0 Å². The lowest BCUT2D eigenvalue weighted by atomic mass is 9.98. The zero-order valence-corrected chi connectivity index (χ0v) is 9.45. The maximum absolute atomic E-state index is 10.4. The normalized spacial score (nSPS) is 19.3. The SMILES string of the molecule is CCOCC1CCN(CCC(=O)O)CC1. The fourth-order valence-corrected chi connectivity index (χ4v) is 1.91. The Bertz CT molecular complexity index is 188. The number of carbonyl (C=O) groups is 1. The number of nitrogens with zero attached hydrogens (tertiary/aromatic N) is 1. The van der Waals surface area contributed by atoms with Gasteiger partial charge in [-0.2, -0.15) is 0 Å². The molecule has 1 aliphatic heterocycles. The molecule has 0 aromatic carbocycles. The first-order valence-corrected chi connectivity index (χ1v) is 5.74. The van der Waals surface area contributed by atoms with Crippen LogP contribution in [0.4, 0.5) is 0 Å². The number of carboxylic acid groups (broad SMARTS) is 1. The molecule has 1 aliphatic rings. The highest BCUT2D eigenvalue weighted by Crippen LogP contribution is 2.17. The van der Waals surface area contributed by atoms with Crippen LogP contribution in [0, 0.1) is 5.92 Å². The molecular formula is C11H21NO3. The van der Waals surface area contributed by atoms with Gasteiger partial charge < -0.3 is 14.7 Å². The van der Waals surface area contributed by atoms with E-state index in [2.05, 4.69) is 4.90 Å². The van der Waals surface area contributed by atoms with Crippen LogP contribution in [-0.2, 0) is 9.53 Å². The van der Waals surface area contributed by atoms with Gasteiger partial charge in [-0.1, -0.05) is 0 Å². The molecule has 0 amide bonds. The summed E-state index contributed by atoms with van der Waals surface area (Å²) in [6.07, 6.45) is 2.54. The minimum Gasteiger partial charge on any atom is -0.481 e. The van der Waals surface area contributed by atoms with Gasteiger partial charge in [0, 0.05) is 19.8 Å². The first-order chi connectivity index (χ1) is 7.22. The van der Waals surface area contributed by atoms with Gasteiger partial charge in [-0.15, -0.1) is 0 Å². The van der Waals surface area contributed by atoms with Crippen molar-refractivity contribution in [2.75, 3.05) is 32.8 Å². The third kappa shape index (κ3) is 5.14. The molecule has 0 atom stereocenters. The molecule has 0 radical (unpaired) electrons. The quantitative estimate of drug-likeness (QED) is 0.723. The van der Waals surface area contributed by atoms with Gasteiger partial charge in [0.2, 0.25) is 0 Å². The van der Waals surface area contributed by atoms with Crippen molar-refractivity contribution in [2.45, 2.75) is 26.2 Å². The van der Waals surface area contributed by atoms with Crippen molar-refractivity contribution in [1.82, 2.24) is 4.90 Å². The Hall–Kier alpha value is -0.610. The molecule has 0 unspecified atom stereocenters. The number of aliphatic carboxylic acids is 1.